The molecule has 0 spiro atoms. The van der Waals surface area contributed by atoms with Crippen molar-refractivity contribution in [3.8, 4) is 0 Å². The number of hydrogen-bond donors (Lipinski definition) is 0. The first-order valence-electron chi connectivity index (χ1n) is 8.32. The summed E-state index contributed by atoms with van der Waals surface area (Å²) in [5, 5.41) is 0. The molecule has 20 heavy (non-hydrogen) atoms. The second kappa shape index (κ2) is 9.75. The predicted molar refractivity (Wildman–Crippen MR) is 89.6 cm³/mol. The van der Waals surface area contributed by atoms with Gasteiger partial charge in [-0.05, 0) is 0 Å². The van der Waals surface area contributed by atoms with Gasteiger partial charge in [0.25, 0.3) is 0 Å². The van der Waals surface area contributed by atoms with Crippen LogP contribution in [0.25, 0.3) is 0 Å². The summed E-state index contributed by atoms with van der Waals surface area (Å²) in [5.41, 5.74) is 3.47. The number of halogens is 1. The zero-order valence-corrected chi connectivity index (χ0v) is 19.4. The van der Waals surface area contributed by atoms with Gasteiger partial charge < -0.3 is 0 Å². The van der Waals surface area contributed by atoms with Gasteiger partial charge in [-0.25, -0.2) is 0 Å². The van der Waals surface area contributed by atoms with Gasteiger partial charge in [0.1, 0.15) is 0 Å². The Labute approximate surface area is 136 Å². The summed E-state index contributed by atoms with van der Waals surface area (Å²) in [5.74, 6) is 0.0422. The van der Waals surface area contributed by atoms with Gasteiger partial charge in [0, 0.05) is 0 Å². The van der Waals surface area contributed by atoms with Crippen molar-refractivity contribution in [3.63, 3.8) is 0 Å². The fourth-order valence-corrected chi connectivity index (χ4v) is 4.29. The standard InChI is InChI=1S/C17H27FN.Sn.3H/c1-4-7-10-14-15(11-8-5-2)17(12-9-6-3)19-13-16(14)18;;;;/h4-12H2,1-3H3;;;;. The molecule has 0 aliphatic heterocycles. The van der Waals surface area contributed by atoms with Gasteiger partial charge in [-0.15, -0.1) is 0 Å². The molecule has 0 aromatic carbocycles. The normalized spacial score (nSPS) is 11.2. The third kappa shape index (κ3) is 5.01. The minimum atomic E-state index is 0.0422. The van der Waals surface area contributed by atoms with E-state index in [1.807, 2.05) is 0 Å². The molecule has 0 unspecified atom stereocenters. The van der Waals surface area contributed by atoms with Gasteiger partial charge in [-0.2, -0.15) is 0 Å². The first-order valence-corrected chi connectivity index (χ1v) is 11.2. The van der Waals surface area contributed by atoms with E-state index in [-0.39, 0.29) is 28.3 Å². The third-order valence-corrected chi connectivity index (χ3v) is 5.82. The van der Waals surface area contributed by atoms with Crippen molar-refractivity contribution in [1.82, 2.24) is 4.98 Å². The second-order valence-electron chi connectivity index (χ2n) is 5.73. The molecule has 0 bridgehead atoms. The van der Waals surface area contributed by atoms with Crippen molar-refractivity contribution in [2.24, 2.45) is 0 Å². The molecule has 114 valence electrons. The Balaban J connectivity index is 3.15. The molecule has 0 saturated carbocycles. The number of unbranched alkanes of at least 4 members (excludes halogenated alkanes) is 3. The van der Waals surface area contributed by atoms with Gasteiger partial charge in [0.15, 0.2) is 0 Å². The van der Waals surface area contributed by atoms with Crippen molar-refractivity contribution in [3.05, 3.63) is 22.6 Å². The maximum absolute atomic E-state index is 14.5. The number of rotatable bonds is 9. The third-order valence-electron chi connectivity index (χ3n) is 3.93. The Kier molecular flexibility index (Phi) is 8.74. The molecule has 1 aromatic heterocycles. The van der Waals surface area contributed by atoms with Crippen LogP contribution in [0.1, 0.15) is 76.1 Å². The molecule has 0 N–H and O–H groups in total. The van der Waals surface area contributed by atoms with Crippen LogP contribution in [0.4, 0.5) is 4.39 Å². The van der Waals surface area contributed by atoms with E-state index in [0.717, 1.165) is 54.2 Å². The summed E-state index contributed by atoms with van der Waals surface area (Å²) in [4.78, 5) is 4.65. The quantitative estimate of drug-likeness (QED) is 0.594. The number of aryl methyl sites for hydroxylation is 1. The van der Waals surface area contributed by atoms with E-state index >= 15 is 0 Å². The van der Waals surface area contributed by atoms with E-state index in [1.54, 1.807) is 0 Å². The Morgan fingerprint density at radius 1 is 0.850 bits per heavy atom. The molecule has 1 rings (SSSR count). The summed E-state index contributed by atoms with van der Waals surface area (Å²) in [7, 11) is 0. The van der Waals surface area contributed by atoms with Gasteiger partial charge in [-0.3, -0.25) is 0 Å². The second-order valence-corrected chi connectivity index (χ2v) is 8.43. The van der Waals surface area contributed by atoms with Gasteiger partial charge in [0.05, 0.1) is 0 Å². The van der Waals surface area contributed by atoms with Crippen LogP contribution in [-0.4, -0.2) is 27.5 Å². The van der Waals surface area contributed by atoms with Crippen molar-refractivity contribution in [2.75, 3.05) is 0 Å². The number of aromatic nitrogens is 1. The molecule has 0 amide bonds. The van der Waals surface area contributed by atoms with Gasteiger partial charge in [0.2, 0.25) is 0 Å². The molecule has 1 heterocycles. The summed E-state index contributed by atoms with van der Waals surface area (Å²) in [6.45, 7) is 6.58. The SMILES string of the molecule is CCCCc1n[c]([SnH3])c(F)c(CCCC)c1CCCC. The van der Waals surface area contributed by atoms with Gasteiger partial charge >= 0.3 is 137 Å². The molecule has 1 nitrogen and oxygen atoms in total. The van der Waals surface area contributed by atoms with Crippen molar-refractivity contribution in [1.29, 1.82) is 0 Å². The van der Waals surface area contributed by atoms with Crippen molar-refractivity contribution < 1.29 is 4.39 Å². The fraction of sp³-hybridized carbons (Fsp3) is 0.706. The molecule has 0 fully saturated rings. The zero-order chi connectivity index (χ0) is 15.0. The van der Waals surface area contributed by atoms with E-state index < -0.39 is 0 Å². The molecule has 0 aliphatic rings. The Morgan fingerprint density at radius 3 is 1.90 bits per heavy atom. The Bertz CT molecular complexity index is 418. The first-order chi connectivity index (χ1) is 9.65. The molecular weight excluding hydrogens is 356 g/mol. The minimum absolute atomic E-state index is 0.0422. The van der Waals surface area contributed by atoms with E-state index in [0.29, 0.717) is 0 Å². The van der Waals surface area contributed by atoms with Crippen LogP contribution in [0.15, 0.2) is 0 Å². The first kappa shape index (κ1) is 17.9. The topological polar surface area (TPSA) is 12.9 Å². The maximum atomic E-state index is 14.5. The average Bonchev–Trinajstić information content (AvgIpc) is 2.45. The predicted octanol–water partition coefficient (Wildman–Crippen LogP) is 3.24. The van der Waals surface area contributed by atoms with E-state index in [1.165, 1.54) is 24.1 Å². The van der Waals surface area contributed by atoms with Crippen LogP contribution in [-0.2, 0) is 19.3 Å². The molecule has 3 heteroatoms. The molecular formula is C17H30FNSn. The van der Waals surface area contributed by atoms with Crippen LogP contribution in [0, 0.1) is 5.82 Å². The summed E-state index contributed by atoms with van der Waals surface area (Å²) in [6.07, 6.45) is 9.80. The Morgan fingerprint density at radius 2 is 1.35 bits per heavy atom. The summed E-state index contributed by atoms with van der Waals surface area (Å²) >= 11 is 0.143. The van der Waals surface area contributed by atoms with Gasteiger partial charge in [-0.1, -0.05) is 0 Å². The molecule has 0 atom stereocenters. The van der Waals surface area contributed by atoms with E-state index in [4.69, 9.17) is 0 Å². The fourth-order valence-electron chi connectivity index (χ4n) is 2.66. The summed E-state index contributed by atoms with van der Waals surface area (Å²) < 4.78 is 15.3. The van der Waals surface area contributed by atoms with Crippen LogP contribution >= 0.6 is 0 Å². The van der Waals surface area contributed by atoms with Crippen LogP contribution in [0.2, 0.25) is 0 Å². The van der Waals surface area contributed by atoms with Crippen LogP contribution in [0.5, 0.6) is 0 Å². The monoisotopic (exact) mass is 387 g/mol. The number of nitrogens with zero attached hydrogens (tertiary/aromatic N) is 1. The van der Waals surface area contributed by atoms with E-state index in [9.17, 15) is 4.39 Å². The average molecular weight is 386 g/mol. The van der Waals surface area contributed by atoms with Crippen LogP contribution in [0.3, 0.4) is 0 Å². The number of pyridine rings is 1. The Hall–Kier alpha value is -0.121. The van der Waals surface area contributed by atoms with Crippen molar-refractivity contribution in [2.45, 2.75) is 78.6 Å². The number of hydrogen-bond acceptors (Lipinski definition) is 1. The van der Waals surface area contributed by atoms with Crippen molar-refractivity contribution >= 4 is 26.2 Å². The molecule has 0 radical (unpaired) electrons. The molecule has 0 saturated heterocycles. The molecule has 1 aromatic rings. The zero-order valence-electron chi connectivity index (χ0n) is 13.7. The van der Waals surface area contributed by atoms with Crippen LogP contribution < -0.4 is 3.71 Å². The van der Waals surface area contributed by atoms with E-state index in [2.05, 4.69) is 25.8 Å². The molecule has 0 aliphatic carbocycles. The summed E-state index contributed by atoms with van der Waals surface area (Å²) in [6, 6.07) is 0.